The summed E-state index contributed by atoms with van der Waals surface area (Å²) in [4.78, 5) is 0. The highest BCUT2D eigenvalue weighted by molar-refractivity contribution is 9.10. The topological polar surface area (TPSA) is 18.5 Å². The fourth-order valence-corrected chi connectivity index (χ4v) is 3.83. The van der Waals surface area contributed by atoms with Crippen molar-refractivity contribution in [3.63, 3.8) is 0 Å². The van der Waals surface area contributed by atoms with Crippen molar-refractivity contribution in [2.45, 2.75) is 39.5 Å². The molecule has 0 aliphatic heterocycles. The van der Waals surface area contributed by atoms with Crippen LogP contribution in [0.2, 0.25) is 0 Å². The van der Waals surface area contributed by atoms with Gasteiger partial charge in [-0.15, -0.1) is 11.6 Å². The quantitative estimate of drug-likeness (QED) is 0.616. The number of alkyl halides is 1. The van der Waals surface area contributed by atoms with Gasteiger partial charge in [0.05, 0.1) is 18.6 Å². The van der Waals surface area contributed by atoms with Crippen molar-refractivity contribution < 1.29 is 9.47 Å². The molecule has 20 heavy (non-hydrogen) atoms. The van der Waals surface area contributed by atoms with Gasteiger partial charge in [0.2, 0.25) is 0 Å². The maximum Gasteiger partial charge on any atom is 0.162 e. The monoisotopic (exact) mass is 360 g/mol. The fourth-order valence-electron chi connectivity index (χ4n) is 2.52. The molecule has 2 nitrogen and oxygen atoms in total. The van der Waals surface area contributed by atoms with Gasteiger partial charge < -0.3 is 9.47 Å². The molecule has 0 radical (unpaired) electrons. The average Bonchev–Trinajstić information content (AvgIpc) is 3.01. The number of rotatable bonds is 6. The molecule has 4 heteroatoms. The molecule has 0 N–H and O–H groups in total. The van der Waals surface area contributed by atoms with E-state index in [-0.39, 0.29) is 5.38 Å². The normalized spacial score (nSPS) is 21.4. The predicted molar refractivity (Wildman–Crippen MR) is 87.0 cm³/mol. The molecule has 0 aromatic heterocycles. The van der Waals surface area contributed by atoms with Crippen molar-refractivity contribution in [2.75, 3.05) is 13.2 Å². The molecule has 0 heterocycles. The Morgan fingerprint density at radius 2 is 1.75 bits per heavy atom. The third-order valence-electron chi connectivity index (χ3n) is 3.90. The summed E-state index contributed by atoms with van der Waals surface area (Å²) < 4.78 is 12.3. The van der Waals surface area contributed by atoms with Crippen LogP contribution in [0.5, 0.6) is 11.5 Å². The summed E-state index contributed by atoms with van der Waals surface area (Å²) in [6, 6.07) is 3.99. The van der Waals surface area contributed by atoms with Crippen LogP contribution in [-0.4, -0.2) is 13.2 Å². The van der Waals surface area contributed by atoms with E-state index in [9.17, 15) is 0 Å². The second-order valence-electron chi connectivity index (χ2n) is 5.89. The predicted octanol–water partition coefficient (Wildman–Crippen LogP) is 5.57. The van der Waals surface area contributed by atoms with Crippen molar-refractivity contribution in [3.05, 3.63) is 22.2 Å². The lowest BCUT2D eigenvalue weighted by Crippen LogP contribution is -2.04. The van der Waals surface area contributed by atoms with Gasteiger partial charge >= 0.3 is 0 Å². The van der Waals surface area contributed by atoms with Crippen molar-refractivity contribution in [2.24, 2.45) is 11.3 Å². The first-order valence-electron chi connectivity index (χ1n) is 7.13. The molecule has 1 aliphatic rings. The van der Waals surface area contributed by atoms with E-state index in [1.165, 1.54) is 6.42 Å². The first-order chi connectivity index (χ1) is 9.40. The van der Waals surface area contributed by atoms with Gasteiger partial charge in [-0.05, 0) is 49.3 Å². The lowest BCUT2D eigenvalue weighted by atomic mass is 10.0. The zero-order valence-electron chi connectivity index (χ0n) is 12.5. The fraction of sp³-hybridized carbons (Fsp3) is 0.625. The van der Waals surface area contributed by atoms with Gasteiger partial charge in [0.15, 0.2) is 11.5 Å². The zero-order chi connectivity index (χ0) is 14.9. The standard InChI is InChI=1S/C16H22BrClO2/c1-5-19-13-7-10(12(17)8-14(13)20-6-2)15(18)11-9-16(11,3)4/h7-8,11,15H,5-6,9H2,1-4H3. The molecular weight excluding hydrogens is 340 g/mol. The minimum atomic E-state index is 0.00857. The third-order valence-corrected chi connectivity index (χ3v) is 5.13. The van der Waals surface area contributed by atoms with Crippen molar-refractivity contribution >= 4 is 27.5 Å². The van der Waals surface area contributed by atoms with Crippen LogP contribution in [0, 0.1) is 11.3 Å². The molecule has 1 aromatic carbocycles. The van der Waals surface area contributed by atoms with E-state index < -0.39 is 0 Å². The largest absolute Gasteiger partial charge is 0.490 e. The average molecular weight is 362 g/mol. The summed E-state index contributed by atoms with van der Waals surface area (Å²) in [6.07, 6.45) is 1.17. The van der Waals surface area contributed by atoms with Crippen LogP contribution < -0.4 is 9.47 Å². The van der Waals surface area contributed by atoms with Crippen LogP contribution in [0.25, 0.3) is 0 Å². The van der Waals surface area contributed by atoms with Crippen molar-refractivity contribution in [3.8, 4) is 11.5 Å². The Morgan fingerprint density at radius 3 is 2.20 bits per heavy atom. The lowest BCUT2D eigenvalue weighted by Gasteiger charge is -2.18. The minimum Gasteiger partial charge on any atom is -0.490 e. The second-order valence-corrected chi connectivity index (χ2v) is 7.21. The summed E-state index contributed by atoms with van der Waals surface area (Å²) in [5.74, 6) is 2.06. The second kappa shape index (κ2) is 6.15. The van der Waals surface area contributed by atoms with Gasteiger partial charge in [-0.3, -0.25) is 0 Å². The highest BCUT2D eigenvalue weighted by Crippen LogP contribution is 2.61. The molecule has 0 spiro atoms. The van der Waals surface area contributed by atoms with E-state index in [2.05, 4.69) is 29.8 Å². The Hall–Kier alpha value is -0.410. The van der Waals surface area contributed by atoms with Crippen LogP contribution in [0.4, 0.5) is 0 Å². The van der Waals surface area contributed by atoms with Gasteiger partial charge in [-0.25, -0.2) is 0 Å². The first-order valence-corrected chi connectivity index (χ1v) is 8.36. The summed E-state index contributed by atoms with van der Waals surface area (Å²) in [7, 11) is 0. The van der Waals surface area contributed by atoms with Crippen LogP contribution >= 0.6 is 27.5 Å². The van der Waals surface area contributed by atoms with Gasteiger partial charge in [0, 0.05) is 4.47 Å². The summed E-state index contributed by atoms with van der Waals surface area (Å²) >= 11 is 10.3. The molecule has 1 fully saturated rings. The van der Waals surface area contributed by atoms with E-state index in [0.29, 0.717) is 24.5 Å². The molecule has 0 bridgehead atoms. The SMILES string of the molecule is CCOc1cc(Br)c(C(Cl)C2CC2(C)C)cc1OCC. The molecule has 2 rings (SSSR count). The Balaban J connectivity index is 2.31. The number of hydrogen-bond acceptors (Lipinski definition) is 2. The highest BCUT2D eigenvalue weighted by atomic mass is 79.9. The number of halogens is 2. The maximum atomic E-state index is 6.67. The van der Waals surface area contributed by atoms with E-state index >= 15 is 0 Å². The number of hydrogen-bond donors (Lipinski definition) is 0. The Labute approximate surface area is 134 Å². The molecule has 2 atom stereocenters. The molecule has 1 aliphatic carbocycles. The molecule has 1 aromatic rings. The Morgan fingerprint density at radius 1 is 1.25 bits per heavy atom. The molecule has 0 amide bonds. The van der Waals surface area contributed by atoms with E-state index in [4.69, 9.17) is 21.1 Å². The van der Waals surface area contributed by atoms with E-state index in [0.717, 1.165) is 21.5 Å². The zero-order valence-corrected chi connectivity index (χ0v) is 14.8. The van der Waals surface area contributed by atoms with Crippen LogP contribution in [0.15, 0.2) is 16.6 Å². The summed E-state index contributed by atoms with van der Waals surface area (Å²) in [5.41, 5.74) is 1.44. The smallest absolute Gasteiger partial charge is 0.162 e. The highest BCUT2D eigenvalue weighted by Gasteiger charge is 2.50. The molecular formula is C16H22BrClO2. The minimum absolute atomic E-state index is 0.00857. The summed E-state index contributed by atoms with van der Waals surface area (Å²) in [6.45, 7) is 9.70. The van der Waals surface area contributed by atoms with E-state index in [1.807, 2.05) is 26.0 Å². The lowest BCUT2D eigenvalue weighted by molar-refractivity contribution is 0.287. The van der Waals surface area contributed by atoms with Crippen LogP contribution in [0.3, 0.4) is 0 Å². The van der Waals surface area contributed by atoms with Gasteiger partial charge in [-0.2, -0.15) is 0 Å². The van der Waals surface area contributed by atoms with Crippen LogP contribution in [-0.2, 0) is 0 Å². The van der Waals surface area contributed by atoms with Crippen LogP contribution in [0.1, 0.15) is 45.1 Å². The van der Waals surface area contributed by atoms with Crippen molar-refractivity contribution in [1.29, 1.82) is 0 Å². The third kappa shape index (κ3) is 3.25. The number of benzene rings is 1. The molecule has 1 saturated carbocycles. The maximum absolute atomic E-state index is 6.67. The van der Waals surface area contributed by atoms with E-state index in [1.54, 1.807) is 0 Å². The summed E-state index contributed by atoms with van der Waals surface area (Å²) in [5, 5.41) is 0.00857. The first kappa shape index (κ1) is 16.0. The Kier molecular flexibility index (Phi) is 4.91. The van der Waals surface area contributed by atoms with Gasteiger partial charge in [-0.1, -0.05) is 29.8 Å². The van der Waals surface area contributed by atoms with Crippen molar-refractivity contribution in [1.82, 2.24) is 0 Å². The number of ether oxygens (including phenoxy) is 2. The molecule has 0 saturated heterocycles. The molecule has 112 valence electrons. The molecule has 2 unspecified atom stereocenters. The Bertz CT molecular complexity index is 488. The van der Waals surface area contributed by atoms with Gasteiger partial charge in [0.25, 0.3) is 0 Å². The van der Waals surface area contributed by atoms with Gasteiger partial charge in [0.1, 0.15) is 0 Å².